The van der Waals surface area contributed by atoms with Gasteiger partial charge in [-0.25, -0.2) is 0 Å². The molecule has 0 aromatic rings. The molecule has 0 radical (unpaired) electrons. The van der Waals surface area contributed by atoms with Crippen LogP contribution >= 0.6 is 24.8 Å². The summed E-state index contributed by atoms with van der Waals surface area (Å²) >= 11 is 0. The van der Waals surface area contributed by atoms with Gasteiger partial charge < -0.3 is 10.4 Å². The van der Waals surface area contributed by atoms with Gasteiger partial charge in [-0.3, -0.25) is 9.69 Å². The second-order valence-corrected chi connectivity index (χ2v) is 3.52. The van der Waals surface area contributed by atoms with Gasteiger partial charge in [-0.2, -0.15) is 0 Å². The van der Waals surface area contributed by atoms with Crippen molar-refractivity contribution in [2.75, 3.05) is 19.6 Å². The quantitative estimate of drug-likeness (QED) is 0.697. The van der Waals surface area contributed by atoms with Crippen molar-refractivity contribution in [1.82, 2.24) is 10.2 Å². The standard InChI is InChI=1S/C8H14N2O2.2ClH/c11-8(12)7-6-2-1-4-10(6)5-3-9-7;;/h6-7,9H,1-5H2,(H,11,12);2*1H. The van der Waals surface area contributed by atoms with Gasteiger partial charge in [0, 0.05) is 19.1 Å². The molecule has 2 N–H and O–H groups in total. The predicted molar refractivity (Wildman–Crippen MR) is 58.5 cm³/mol. The van der Waals surface area contributed by atoms with Crippen LogP contribution < -0.4 is 5.32 Å². The highest BCUT2D eigenvalue weighted by Gasteiger charge is 2.38. The smallest absolute Gasteiger partial charge is 0.322 e. The van der Waals surface area contributed by atoms with Gasteiger partial charge in [-0.05, 0) is 19.4 Å². The molecule has 6 heteroatoms. The van der Waals surface area contributed by atoms with E-state index in [9.17, 15) is 4.79 Å². The average Bonchev–Trinajstić information content (AvgIpc) is 2.49. The van der Waals surface area contributed by atoms with Gasteiger partial charge in [-0.15, -0.1) is 24.8 Å². The molecule has 84 valence electrons. The maximum absolute atomic E-state index is 10.8. The van der Waals surface area contributed by atoms with E-state index in [1.54, 1.807) is 0 Å². The minimum absolute atomic E-state index is 0. The highest BCUT2D eigenvalue weighted by Crippen LogP contribution is 2.22. The van der Waals surface area contributed by atoms with Crippen molar-refractivity contribution in [3.63, 3.8) is 0 Å². The first-order valence-corrected chi connectivity index (χ1v) is 4.49. The van der Waals surface area contributed by atoms with Crippen molar-refractivity contribution in [2.45, 2.75) is 24.9 Å². The van der Waals surface area contributed by atoms with E-state index in [4.69, 9.17) is 5.11 Å². The Balaban J connectivity index is 0.000000845. The molecule has 0 amide bonds. The lowest BCUT2D eigenvalue weighted by atomic mass is 10.0. The van der Waals surface area contributed by atoms with Gasteiger partial charge in [0.2, 0.25) is 0 Å². The van der Waals surface area contributed by atoms with Crippen LogP contribution in [0.1, 0.15) is 12.8 Å². The molecule has 0 aromatic heterocycles. The molecular formula is C8H16Cl2N2O2. The van der Waals surface area contributed by atoms with Gasteiger partial charge >= 0.3 is 5.97 Å². The molecular weight excluding hydrogens is 227 g/mol. The van der Waals surface area contributed by atoms with Crippen LogP contribution in [0.15, 0.2) is 0 Å². The van der Waals surface area contributed by atoms with E-state index >= 15 is 0 Å². The average molecular weight is 243 g/mol. The number of rotatable bonds is 1. The summed E-state index contributed by atoms with van der Waals surface area (Å²) in [6.45, 7) is 2.90. The summed E-state index contributed by atoms with van der Waals surface area (Å²) < 4.78 is 0. The number of halogens is 2. The van der Waals surface area contributed by atoms with Crippen LogP contribution in [0.3, 0.4) is 0 Å². The highest BCUT2D eigenvalue weighted by atomic mass is 35.5. The molecule has 2 aliphatic rings. The molecule has 0 spiro atoms. The zero-order valence-electron chi connectivity index (χ0n) is 7.81. The molecule has 2 fully saturated rings. The first kappa shape index (κ1) is 14.0. The summed E-state index contributed by atoms with van der Waals surface area (Å²) in [5.74, 6) is -0.702. The van der Waals surface area contributed by atoms with Crippen LogP contribution in [0.4, 0.5) is 0 Å². The number of nitrogens with zero attached hydrogens (tertiary/aromatic N) is 1. The molecule has 0 saturated carbocycles. The molecule has 0 aliphatic carbocycles. The van der Waals surface area contributed by atoms with Crippen LogP contribution in [0, 0.1) is 0 Å². The minimum atomic E-state index is -0.702. The fraction of sp³-hybridized carbons (Fsp3) is 0.875. The van der Waals surface area contributed by atoms with Gasteiger partial charge in [0.25, 0.3) is 0 Å². The van der Waals surface area contributed by atoms with E-state index in [1.165, 1.54) is 0 Å². The highest BCUT2D eigenvalue weighted by molar-refractivity contribution is 5.85. The Labute approximate surface area is 95.9 Å². The number of aliphatic carboxylic acids is 1. The number of carbonyl (C=O) groups is 1. The van der Waals surface area contributed by atoms with E-state index in [0.717, 1.165) is 32.5 Å². The molecule has 2 saturated heterocycles. The summed E-state index contributed by atoms with van der Waals surface area (Å²) in [6, 6.07) is -0.0856. The number of nitrogens with one attached hydrogen (secondary N) is 1. The Morgan fingerprint density at radius 3 is 2.71 bits per heavy atom. The van der Waals surface area contributed by atoms with E-state index in [1.807, 2.05) is 0 Å². The SMILES string of the molecule is Cl.Cl.O=C(O)C1NCCN2CCCC12. The fourth-order valence-corrected chi connectivity index (χ4v) is 2.26. The summed E-state index contributed by atoms with van der Waals surface area (Å²) in [4.78, 5) is 13.1. The number of hydrogen-bond acceptors (Lipinski definition) is 3. The van der Waals surface area contributed by atoms with Crippen molar-refractivity contribution in [1.29, 1.82) is 0 Å². The lowest BCUT2D eigenvalue weighted by Crippen LogP contribution is -2.58. The molecule has 2 aliphatic heterocycles. The van der Waals surface area contributed by atoms with Crippen molar-refractivity contribution in [2.24, 2.45) is 0 Å². The third-order valence-electron chi connectivity index (χ3n) is 2.83. The topological polar surface area (TPSA) is 52.6 Å². The Kier molecular flexibility index (Phi) is 5.74. The third kappa shape index (κ3) is 2.51. The van der Waals surface area contributed by atoms with Crippen LogP contribution in [0.5, 0.6) is 0 Å². The number of piperazine rings is 1. The summed E-state index contributed by atoms with van der Waals surface area (Å²) in [6.07, 6.45) is 2.18. The van der Waals surface area contributed by atoms with Crippen LogP contribution in [-0.4, -0.2) is 47.7 Å². The normalized spacial score (nSPS) is 31.1. The van der Waals surface area contributed by atoms with Crippen LogP contribution in [0.25, 0.3) is 0 Å². The van der Waals surface area contributed by atoms with Crippen molar-refractivity contribution in [3.05, 3.63) is 0 Å². The lowest BCUT2D eigenvalue weighted by molar-refractivity contribution is -0.142. The number of carboxylic acids is 1. The summed E-state index contributed by atoms with van der Waals surface area (Å²) in [5.41, 5.74) is 0. The number of fused-ring (bicyclic) bond motifs is 1. The molecule has 4 nitrogen and oxygen atoms in total. The molecule has 0 bridgehead atoms. The van der Waals surface area contributed by atoms with Gasteiger partial charge in [-0.1, -0.05) is 0 Å². The minimum Gasteiger partial charge on any atom is -0.480 e. The van der Waals surface area contributed by atoms with Crippen molar-refractivity contribution < 1.29 is 9.90 Å². The molecule has 2 unspecified atom stereocenters. The molecule has 2 heterocycles. The van der Waals surface area contributed by atoms with Crippen LogP contribution in [0.2, 0.25) is 0 Å². The van der Waals surface area contributed by atoms with Crippen molar-refractivity contribution >= 4 is 30.8 Å². The molecule has 0 aromatic carbocycles. The van der Waals surface area contributed by atoms with Crippen LogP contribution in [-0.2, 0) is 4.79 Å². The second-order valence-electron chi connectivity index (χ2n) is 3.52. The molecule has 2 atom stereocenters. The maximum Gasteiger partial charge on any atom is 0.322 e. The third-order valence-corrected chi connectivity index (χ3v) is 2.83. The first-order chi connectivity index (χ1) is 5.79. The zero-order valence-corrected chi connectivity index (χ0v) is 9.44. The number of hydrogen-bond donors (Lipinski definition) is 2. The largest absolute Gasteiger partial charge is 0.480 e. The Morgan fingerprint density at radius 1 is 1.36 bits per heavy atom. The molecule has 14 heavy (non-hydrogen) atoms. The Morgan fingerprint density at radius 2 is 2.07 bits per heavy atom. The lowest BCUT2D eigenvalue weighted by Gasteiger charge is -2.34. The Hall–Kier alpha value is -0.0300. The first-order valence-electron chi connectivity index (χ1n) is 4.49. The maximum atomic E-state index is 10.8. The molecule has 2 rings (SSSR count). The van der Waals surface area contributed by atoms with E-state index in [2.05, 4.69) is 10.2 Å². The summed E-state index contributed by atoms with van der Waals surface area (Å²) in [5, 5.41) is 11.9. The van der Waals surface area contributed by atoms with E-state index in [-0.39, 0.29) is 36.9 Å². The zero-order chi connectivity index (χ0) is 8.55. The monoisotopic (exact) mass is 242 g/mol. The van der Waals surface area contributed by atoms with E-state index in [0.29, 0.717) is 0 Å². The number of carboxylic acid groups (broad SMARTS) is 1. The van der Waals surface area contributed by atoms with E-state index < -0.39 is 5.97 Å². The van der Waals surface area contributed by atoms with Crippen molar-refractivity contribution in [3.8, 4) is 0 Å². The predicted octanol–water partition coefficient (Wildman–Crippen LogP) is 0.351. The van der Waals surface area contributed by atoms with Gasteiger partial charge in [0.05, 0.1) is 0 Å². The second kappa shape index (κ2) is 5.75. The summed E-state index contributed by atoms with van der Waals surface area (Å²) in [7, 11) is 0. The van der Waals surface area contributed by atoms with Gasteiger partial charge in [0.15, 0.2) is 0 Å². The Bertz CT molecular complexity index is 204. The fourth-order valence-electron chi connectivity index (χ4n) is 2.26. The van der Waals surface area contributed by atoms with Gasteiger partial charge in [0.1, 0.15) is 6.04 Å².